The van der Waals surface area contributed by atoms with Crippen molar-refractivity contribution < 1.29 is 9.59 Å². The first-order valence-corrected chi connectivity index (χ1v) is 9.22. The van der Waals surface area contributed by atoms with Crippen LogP contribution in [0.25, 0.3) is 0 Å². The molecule has 0 spiro atoms. The highest BCUT2D eigenvalue weighted by molar-refractivity contribution is 5.88. The summed E-state index contributed by atoms with van der Waals surface area (Å²) in [5.41, 5.74) is 2.79. The lowest BCUT2D eigenvalue weighted by Gasteiger charge is -2.36. The Labute approximate surface area is 145 Å². The summed E-state index contributed by atoms with van der Waals surface area (Å²) in [5.74, 6) is 0.100. The molecule has 0 radical (unpaired) electrons. The van der Waals surface area contributed by atoms with Gasteiger partial charge in [0.2, 0.25) is 11.8 Å². The molecule has 134 valence electrons. The SMILES string of the molecule is CC/C=C\C(CCN1CC2NCC(=O)N2CC1=O)=C(/C)CCCC. The Kier molecular flexibility index (Phi) is 7.03. The number of allylic oxidation sites excluding steroid dienone is 3. The summed E-state index contributed by atoms with van der Waals surface area (Å²) in [4.78, 5) is 27.6. The molecule has 1 N–H and O–H groups in total. The molecule has 0 aromatic heterocycles. The van der Waals surface area contributed by atoms with Crippen molar-refractivity contribution in [2.75, 3.05) is 26.2 Å². The van der Waals surface area contributed by atoms with Crippen molar-refractivity contribution in [1.29, 1.82) is 0 Å². The third-order valence-electron chi connectivity index (χ3n) is 4.90. The van der Waals surface area contributed by atoms with E-state index in [9.17, 15) is 9.59 Å². The lowest BCUT2D eigenvalue weighted by molar-refractivity contribution is -0.144. The summed E-state index contributed by atoms with van der Waals surface area (Å²) in [7, 11) is 0. The minimum atomic E-state index is -0.00463. The van der Waals surface area contributed by atoms with Crippen LogP contribution in [0.3, 0.4) is 0 Å². The van der Waals surface area contributed by atoms with Gasteiger partial charge in [-0.05, 0) is 38.2 Å². The van der Waals surface area contributed by atoms with Gasteiger partial charge in [0.05, 0.1) is 13.1 Å². The van der Waals surface area contributed by atoms with Gasteiger partial charge in [0.25, 0.3) is 0 Å². The van der Waals surface area contributed by atoms with Crippen LogP contribution in [0.5, 0.6) is 0 Å². The van der Waals surface area contributed by atoms with Gasteiger partial charge in [-0.2, -0.15) is 0 Å². The van der Waals surface area contributed by atoms with Gasteiger partial charge in [-0.1, -0.05) is 38.0 Å². The zero-order valence-corrected chi connectivity index (χ0v) is 15.3. The monoisotopic (exact) mass is 333 g/mol. The van der Waals surface area contributed by atoms with Crippen LogP contribution in [0.4, 0.5) is 0 Å². The normalized spacial score (nSPS) is 22.4. The van der Waals surface area contributed by atoms with E-state index in [1.54, 1.807) is 4.90 Å². The summed E-state index contributed by atoms with van der Waals surface area (Å²) in [5, 5.41) is 3.19. The molecule has 1 atom stereocenters. The fourth-order valence-corrected chi connectivity index (χ4v) is 3.28. The van der Waals surface area contributed by atoms with Gasteiger partial charge in [0.15, 0.2) is 0 Å². The van der Waals surface area contributed by atoms with Crippen molar-refractivity contribution in [2.45, 2.75) is 59.0 Å². The summed E-state index contributed by atoms with van der Waals surface area (Å²) in [6.45, 7) is 8.46. The molecule has 0 aromatic rings. The second kappa shape index (κ2) is 9.02. The Balaban J connectivity index is 1.97. The number of rotatable bonds is 8. The second-order valence-electron chi connectivity index (χ2n) is 6.73. The molecule has 2 aliphatic rings. The van der Waals surface area contributed by atoms with Gasteiger partial charge < -0.3 is 9.80 Å². The van der Waals surface area contributed by atoms with Crippen LogP contribution in [-0.2, 0) is 9.59 Å². The summed E-state index contributed by atoms with van der Waals surface area (Å²) < 4.78 is 0. The predicted molar refractivity (Wildman–Crippen MR) is 96.4 cm³/mol. The maximum absolute atomic E-state index is 12.3. The number of hydrogen-bond acceptors (Lipinski definition) is 3. The van der Waals surface area contributed by atoms with Crippen molar-refractivity contribution in [1.82, 2.24) is 15.1 Å². The molecule has 1 unspecified atom stereocenters. The quantitative estimate of drug-likeness (QED) is 0.694. The first-order chi connectivity index (χ1) is 11.6. The van der Waals surface area contributed by atoms with Crippen LogP contribution in [0.2, 0.25) is 0 Å². The predicted octanol–water partition coefficient (Wildman–Crippen LogP) is 2.45. The van der Waals surface area contributed by atoms with Gasteiger partial charge in [0.1, 0.15) is 12.7 Å². The Morgan fingerprint density at radius 2 is 2.04 bits per heavy atom. The number of nitrogens with zero attached hydrogens (tertiary/aromatic N) is 2. The molecule has 5 heteroatoms. The second-order valence-corrected chi connectivity index (χ2v) is 6.73. The zero-order chi connectivity index (χ0) is 17.5. The Morgan fingerprint density at radius 1 is 1.25 bits per heavy atom. The third kappa shape index (κ3) is 4.69. The van der Waals surface area contributed by atoms with E-state index in [4.69, 9.17) is 0 Å². The highest BCUT2D eigenvalue weighted by atomic mass is 16.2. The number of fused-ring (bicyclic) bond motifs is 1. The molecule has 2 fully saturated rings. The van der Waals surface area contributed by atoms with Gasteiger partial charge in [-0.25, -0.2) is 0 Å². The van der Waals surface area contributed by atoms with E-state index in [2.05, 4.69) is 38.2 Å². The van der Waals surface area contributed by atoms with E-state index in [0.717, 1.165) is 25.8 Å². The molecule has 0 saturated carbocycles. The van der Waals surface area contributed by atoms with Crippen molar-refractivity contribution in [2.24, 2.45) is 0 Å². The van der Waals surface area contributed by atoms with Crippen molar-refractivity contribution in [3.63, 3.8) is 0 Å². The van der Waals surface area contributed by atoms with Crippen LogP contribution >= 0.6 is 0 Å². The molecular weight excluding hydrogens is 302 g/mol. The molecule has 2 amide bonds. The van der Waals surface area contributed by atoms with Gasteiger partial charge >= 0.3 is 0 Å². The third-order valence-corrected chi connectivity index (χ3v) is 4.90. The Morgan fingerprint density at radius 3 is 2.75 bits per heavy atom. The van der Waals surface area contributed by atoms with Crippen LogP contribution in [0.15, 0.2) is 23.3 Å². The Hall–Kier alpha value is -1.62. The number of carbonyl (C=O) groups excluding carboxylic acids is 2. The first kappa shape index (κ1) is 18.7. The van der Waals surface area contributed by atoms with Crippen LogP contribution in [0.1, 0.15) is 52.9 Å². The molecule has 24 heavy (non-hydrogen) atoms. The molecule has 0 bridgehead atoms. The molecule has 5 nitrogen and oxygen atoms in total. The fraction of sp³-hybridized carbons (Fsp3) is 0.684. The van der Waals surface area contributed by atoms with Crippen molar-refractivity contribution in [3.05, 3.63) is 23.3 Å². The lowest BCUT2D eigenvalue weighted by atomic mass is 10.00. The standard InChI is InChI=1S/C19H31N3O2/c1-4-6-8-15(3)16(9-7-5-2)10-11-21-13-17-20-12-18(23)22(17)14-19(21)24/h7,9,17,20H,4-6,8,10-14H2,1-3H3/b9-7-,16-15-. The molecule has 2 aliphatic heterocycles. The highest BCUT2D eigenvalue weighted by Crippen LogP contribution is 2.19. The minimum Gasteiger partial charge on any atom is -0.337 e. The van der Waals surface area contributed by atoms with E-state index < -0.39 is 0 Å². The van der Waals surface area contributed by atoms with Crippen LogP contribution < -0.4 is 5.32 Å². The maximum Gasteiger partial charge on any atom is 0.242 e. The summed E-state index contributed by atoms with van der Waals surface area (Å²) in [6.07, 6.45) is 9.86. The van der Waals surface area contributed by atoms with Crippen LogP contribution in [0, 0.1) is 0 Å². The number of unbranched alkanes of at least 4 members (excludes halogenated alkanes) is 1. The van der Waals surface area contributed by atoms with E-state index in [1.807, 2.05) is 4.90 Å². The highest BCUT2D eigenvalue weighted by Gasteiger charge is 2.38. The smallest absolute Gasteiger partial charge is 0.242 e. The van der Waals surface area contributed by atoms with Crippen molar-refractivity contribution in [3.8, 4) is 0 Å². The number of amides is 2. The molecule has 0 aromatic carbocycles. The van der Waals surface area contributed by atoms with Gasteiger partial charge in [-0.15, -0.1) is 0 Å². The lowest BCUT2D eigenvalue weighted by Crippen LogP contribution is -2.57. The average Bonchev–Trinajstić information content (AvgIpc) is 2.93. The minimum absolute atomic E-state index is 0.00463. The average molecular weight is 333 g/mol. The van der Waals surface area contributed by atoms with E-state index in [1.165, 1.54) is 24.0 Å². The number of hydrogen-bond donors (Lipinski definition) is 1. The van der Waals surface area contributed by atoms with E-state index in [-0.39, 0.29) is 24.5 Å². The van der Waals surface area contributed by atoms with E-state index in [0.29, 0.717) is 13.1 Å². The molecule has 2 saturated heterocycles. The van der Waals surface area contributed by atoms with Gasteiger partial charge in [0, 0.05) is 6.54 Å². The number of nitrogens with one attached hydrogen (secondary N) is 1. The molecule has 0 aliphatic carbocycles. The van der Waals surface area contributed by atoms with Crippen molar-refractivity contribution >= 4 is 11.8 Å². The number of piperazine rings is 1. The molecule has 2 rings (SSSR count). The first-order valence-electron chi connectivity index (χ1n) is 9.22. The Bertz CT molecular complexity index is 525. The molecular formula is C19H31N3O2. The summed E-state index contributed by atoms with van der Waals surface area (Å²) >= 11 is 0. The zero-order valence-electron chi connectivity index (χ0n) is 15.3. The van der Waals surface area contributed by atoms with Crippen LogP contribution in [-0.4, -0.2) is 54.0 Å². The van der Waals surface area contributed by atoms with Gasteiger partial charge in [-0.3, -0.25) is 14.9 Å². The molecule has 2 heterocycles. The largest absolute Gasteiger partial charge is 0.337 e. The van der Waals surface area contributed by atoms with E-state index >= 15 is 0 Å². The summed E-state index contributed by atoms with van der Waals surface area (Å²) in [6, 6.07) is 0. The maximum atomic E-state index is 12.3. The fourth-order valence-electron chi connectivity index (χ4n) is 3.28. The topological polar surface area (TPSA) is 52.7 Å². The number of carbonyl (C=O) groups is 2.